The van der Waals surface area contributed by atoms with E-state index >= 15 is 0 Å². The molecule has 0 bridgehead atoms. The molecule has 1 atom stereocenters. The maximum atomic E-state index is 3.81. The van der Waals surface area contributed by atoms with Gasteiger partial charge in [-0.15, -0.1) is 0 Å². The molecule has 0 heterocycles. The summed E-state index contributed by atoms with van der Waals surface area (Å²) < 4.78 is 0. The van der Waals surface area contributed by atoms with Gasteiger partial charge in [0.15, 0.2) is 0 Å². The lowest BCUT2D eigenvalue weighted by atomic mass is 9.98. The Morgan fingerprint density at radius 1 is 0.941 bits per heavy atom. The first-order valence-corrected chi connectivity index (χ1v) is 6.98. The van der Waals surface area contributed by atoms with Gasteiger partial charge in [0.25, 0.3) is 0 Å². The number of halogens is 1. The fourth-order valence-corrected chi connectivity index (χ4v) is 2.91. The summed E-state index contributed by atoms with van der Waals surface area (Å²) >= 11 is 3.81. The van der Waals surface area contributed by atoms with E-state index in [1.807, 2.05) is 0 Å². The van der Waals surface area contributed by atoms with Crippen LogP contribution in [-0.4, -0.2) is 0 Å². The lowest BCUT2D eigenvalue weighted by molar-refractivity contribution is 0.921. The van der Waals surface area contributed by atoms with Gasteiger partial charge in [-0.3, -0.25) is 0 Å². The summed E-state index contributed by atoms with van der Waals surface area (Å²) in [6, 6.07) is 19.3. The molecule has 0 radical (unpaired) electrons. The van der Waals surface area contributed by atoms with E-state index in [0.29, 0.717) is 4.83 Å². The third-order valence-corrected chi connectivity index (χ3v) is 3.85. The summed E-state index contributed by atoms with van der Waals surface area (Å²) in [6.07, 6.45) is 2.13. The quantitative estimate of drug-likeness (QED) is 0.700. The normalized spacial score (nSPS) is 12.4. The Morgan fingerprint density at radius 3 is 2.29 bits per heavy atom. The van der Waals surface area contributed by atoms with Crippen LogP contribution in [0.25, 0.3) is 0 Å². The van der Waals surface area contributed by atoms with Gasteiger partial charge in [0, 0.05) is 4.83 Å². The minimum absolute atomic E-state index is 0.404. The van der Waals surface area contributed by atoms with Crippen LogP contribution in [-0.2, 0) is 12.8 Å². The molecular weight excluding hydrogens is 272 g/mol. The van der Waals surface area contributed by atoms with Crippen molar-refractivity contribution in [3.8, 4) is 0 Å². The molecule has 0 saturated heterocycles. The molecule has 0 fully saturated rings. The highest BCUT2D eigenvalue weighted by atomic mass is 79.9. The van der Waals surface area contributed by atoms with Crippen LogP contribution in [0.1, 0.15) is 28.4 Å². The second-order valence-electron chi connectivity index (χ2n) is 4.21. The van der Waals surface area contributed by atoms with Gasteiger partial charge in [-0.2, -0.15) is 0 Å². The predicted molar refractivity (Wildman–Crippen MR) is 77.6 cm³/mol. The Kier molecular flexibility index (Phi) is 4.38. The Morgan fingerprint density at radius 2 is 1.59 bits per heavy atom. The number of aryl methyl sites for hydroxylation is 1. The van der Waals surface area contributed by atoms with Crippen LogP contribution >= 0.6 is 15.9 Å². The largest absolute Gasteiger partial charge is 0.0835 e. The highest BCUT2D eigenvalue weighted by Gasteiger charge is 2.11. The van der Waals surface area contributed by atoms with E-state index in [4.69, 9.17) is 0 Å². The molecule has 0 aliphatic carbocycles. The number of hydrogen-bond donors (Lipinski definition) is 0. The topological polar surface area (TPSA) is 0 Å². The maximum absolute atomic E-state index is 3.81. The lowest BCUT2D eigenvalue weighted by Crippen LogP contribution is -1.99. The van der Waals surface area contributed by atoms with E-state index in [2.05, 4.69) is 77.5 Å². The summed E-state index contributed by atoms with van der Waals surface area (Å²) in [6.45, 7) is 2.21. The molecule has 1 heteroatoms. The van der Waals surface area contributed by atoms with Crippen LogP contribution in [0.2, 0.25) is 0 Å². The lowest BCUT2D eigenvalue weighted by Gasteiger charge is -2.14. The predicted octanol–water partition coefficient (Wildman–Crippen LogP) is 4.93. The van der Waals surface area contributed by atoms with Crippen LogP contribution in [0.3, 0.4) is 0 Å². The third kappa shape index (κ3) is 3.19. The van der Waals surface area contributed by atoms with Gasteiger partial charge in [0.05, 0.1) is 0 Å². The monoisotopic (exact) mass is 288 g/mol. The molecule has 2 aromatic carbocycles. The van der Waals surface area contributed by atoms with Crippen molar-refractivity contribution in [2.24, 2.45) is 0 Å². The van der Waals surface area contributed by atoms with E-state index in [1.165, 1.54) is 16.7 Å². The highest BCUT2D eigenvalue weighted by Crippen LogP contribution is 2.29. The Labute approximate surface area is 112 Å². The molecule has 2 rings (SSSR count). The maximum Gasteiger partial charge on any atom is 0.0438 e. The SMILES string of the molecule is CCc1ccccc1C(Br)Cc1ccccc1. The minimum Gasteiger partial charge on any atom is -0.0835 e. The van der Waals surface area contributed by atoms with Gasteiger partial charge < -0.3 is 0 Å². The van der Waals surface area contributed by atoms with E-state index in [0.717, 1.165) is 12.8 Å². The van der Waals surface area contributed by atoms with Crippen molar-refractivity contribution in [2.45, 2.75) is 24.6 Å². The highest BCUT2D eigenvalue weighted by molar-refractivity contribution is 9.09. The Balaban J connectivity index is 2.17. The van der Waals surface area contributed by atoms with Crippen molar-refractivity contribution in [2.75, 3.05) is 0 Å². The number of rotatable bonds is 4. The Bertz CT molecular complexity index is 462. The number of hydrogen-bond acceptors (Lipinski definition) is 0. The second kappa shape index (κ2) is 6.02. The molecule has 2 aromatic rings. The minimum atomic E-state index is 0.404. The zero-order chi connectivity index (χ0) is 12.1. The average Bonchev–Trinajstić information content (AvgIpc) is 2.40. The first kappa shape index (κ1) is 12.4. The summed E-state index contributed by atoms with van der Waals surface area (Å²) in [7, 11) is 0. The van der Waals surface area contributed by atoms with E-state index in [-0.39, 0.29) is 0 Å². The summed E-state index contributed by atoms with van der Waals surface area (Å²) in [4.78, 5) is 0.404. The Hall–Kier alpha value is -1.08. The zero-order valence-electron chi connectivity index (χ0n) is 10.1. The summed E-state index contributed by atoms with van der Waals surface area (Å²) in [5.41, 5.74) is 4.23. The molecule has 17 heavy (non-hydrogen) atoms. The van der Waals surface area contributed by atoms with Gasteiger partial charge in [-0.05, 0) is 29.5 Å². The molecule has 0 N–H and O–H groups in total. The first-order valence-electron chi connectivity index (χ1n) is 6.07. The number of benzene rings is 2. The fraction of sp³-hybridized carbons (Fsp3) is 0.250. The molecule has 1 unspecified atom stereocenters. The van der Waals surface area contributed by atoms with E-state index in [9.17, 15) is 0 Å². The van der Waals surface area contributed by atoms with E-state index in [1.54, 1.807) is 0 Å². The van der Waals surface area contributed by atoms with Crippen molar-refractivity contribution < 1.29 is 0 Å². The van der Waals surface area contributed by atoms with Gasteiger partial charge in [0.2, 0.25) is 0 Å². The van der Waals surface area contributed by atoms with E-state index < -0.39 is 0 Å². The van der Waals surface area contributed by atoms with Crippen LogP contribution in [0.15, 0.2) is 54.6 Å². The number of alkyl halides is 1. The van der Waals surface area contributed by atoms with Crippen molar-refractivity contribution in [3.05, 3.63) is 71.3 Å². The van der Waals surface area contributed by atoms with Crippen LogP contribution in [0.4, 0.5) is 0 Å². The van der Waals surface area contributed by atoms with Crippen molar-refractivity contribution in [1.29, 1.82) is 0 Å². The summed E-state index contributed by atoms with van der Waals surface area (Å²) in [5, 5.41) is 0. The zero-order valence-corrected chi connectivity index (χ0v) is 11.7. The van der Waals surface area contributed by atoms with Crippen LogP contribution < -0.4 is 0 Å². The molecule has 0 aromatic heterocycles. The fourth-order valence-electron chi connectivity index (χ4n) is 2.09. The molecule has 88 valence electrons. The first-order chi connectivity index (χ1) is 8.31. The smallest absolute Gasteiger partial charge is 0.0438 e. The molecule has 0 saturated carbocycles. The van der Waals surface area contributed by atoms with Gasteiger partial charge in [0.1, 0.15) is 0 Å². The molecule has 0 spiro atoms. The standard InChI is InChI=1S/C16H17Br/c1-2-14-10-6-7-11-15(14)16(17)12-13-8-4-3-5-9-13/h3-11,16H,2,12H2,1H3. The third-order valence-electron chi connectivity index (χ3n) is 3.03. The molecule has 0 nitrogen and oxygen atoms in total. The second-order valence-corrected chi connectivity index (χ2v) is 5.31. The summed E-state index contributed by atoms with van der Waals surface area (Å²) in [5.74, 6) is 0. The van der Waals surface area contributed by atoms with Crippen LogP contribution in [0, 0.1) is 0 Å². The molecule has 0 aliphatic heterocycles. The van der Waals surface area contributed by atoms with Gasteiger partial charge >= 0.3 is 0 Å². The molecular formula is C16H17Br. The van der Waals surface area contributed by atoms with Gasteiger partial charge in [-0.25, -0.2) is 0 Å². The molecule has 0 amide bonds. The van der Waals surface area contributed by atoms with Crippen molar-refractivity contribution >= 4 is 15.9 Å². The van der Waals surface area contributed by atoms with Crippen molar-refractivity contribution in [3.63, 3.8) is 0 Å². The average molecular weight is 289 g/mol. The molecule has 0 aliphatic rings. The van der Waals surface area contributed by atoms with Crippen LogP contribution in [0.5, 0.6) is 0 Å². The van der Waals surface area contributed by atoms with Gasteiger partial charge in [-0.1, -0.05) is 77.5 Å². The van der Waals surface area contributed by atoms with Crippen molar-refractivity contribution in [1.82, 2.24) is 0 Å².